The summed E-state index contributed by atoms with van der Waals surface area (Å²) in [5, 5.41) is 48.8. The molecule has 6 aromatic carbocycles. The number of aliphatic hydroxyl groups excluding tert-OH is 1. The number of aromatic amines is 3. The number of benzene rings is 6. The van der Waals surface area contributed by atoms with E-state index in [9.17, 15) is 38.4 Å². The van der Waals surface area contributed by atoms with Crippen LogP contribution >= 0.6 is 0 Å². The van der Waals surface area contributed by atoms with Crippen molar-refractivity contribution in [3.63, 3.8) is 0 Å². The maximum absolute atomic E-state index is 11.7. The van der Waals surface area contributed by atoms with Crippen LogP contribution in [0.3, 0.4) is 0 Å². The molecule has 6 aromatic heterocycles. The van der Waals surface area contributed by atoms with Gasteiger partial charge < -0.3 is 75.8 Å². The average Bonchev–Trinajstić information content (AvgIpc) is 1.66. The first-order valence-electron chi connectivity index (χ1n) is 38.6. The second-order valence-electron chi connectivity index (χ2n) is 24.7. The first-order valence-corrected chi connectivity index (χ1v) is 39.6. The van der Waals surface area contributed by atoms with Gasteiger partial charge in [-0.05, 0) is 127 Å². The van der Waals surface area contributed by atoms with E-state index in [0.29, 0.717) is 128 Å². The molecule has 36 nitrogen and oxygen atoms in total. The van der Waals surface area contributed by atoms with Crippen molar-refractivity contribution in [3.05, 3.63) is 255 Å². The summed E-state index contributed by atoms with van der Waals surface area (Å²) in [6.45, 7) is 21.8. The zero-order chi connectivity index (χ0) is 89.7. The third kappa shape index (κ3) is 38.7. The number of imidazole rings is 1. The summed E-state index contributed by atoms with van der Waals surface area (Å²) < 4.78 is 68.6. The minimum absolute atomic E-state index is 0. The molecule has 10 N–H and O–H groups in total. The number of aliphatic hydroxyl groups is 1. The SMILES string of the molecule is C1CCOC1.CCOC(=O)C#CC(=O)OCC.CCOC(=O)c1cc(=O)n(Cc2ccccc2)[nH]1.CCOC(=O)c1cc(OCC)n(Cc2ccccc2)n1.CCOc1cc(-c2nc3ccc(C(=O)O)cc3[nH]2)[nH]n1.CCOc1cc(C=O)nn1Cc1ccccc1.CCOc1cc(CO)nn1Cc1ccccc1.Nc1ccc(C(=O)O)cc1N.[Al].[H-].[Li+].[O]=[Mn]=[O]. The van der Waals surface area contributed by atoms with E-state index in [1.807, 2.05) is 161 Å². The molecule has 0 amide bonds. The van der Waals surface area contributed by atoms with Gasteiger partial charge in [0.1, 0.15) is 17.1 Å². The second kappa shape index (κ2) is 60.2. The number of fused-ring (bicyclic) bond motifs is 1. The molecule has 125 heavy (non-hydrogen) atoms. The van der Waals surface area contributed by atoms with Gasteiger partial charge in [-0.3, -0.25) is 19.8 Å². The average molecular weight is 1770 g/mol. The van der Waals surface area contributed by atoms with Crippen molar-refractivity contribution in [2.45, 2.75) is 101 Å². The van der Waals surface area contributed by atoms with Crippen LogP contribution in [0.4, 0.5) is 11.4 Å². The van der Waals surface area contributed by atoms with E-state index in [2.05, 4.69) is 50.0 Å². The number of H-pyrrole nitrogens is 3. The van der Waals surface area contributed by atoms with Crippen molar-refractivity contribution in [1.29, 1.82) is 0 Å². The summed E-state index contributed by atoms with van der Waals surface area (Å²) in [6.07, 6.45) is 3.28. The molecule has 0 bridgehead atoms. The van der Waals surface area contributed by atoms with E-state index in [1.54, 1.807) is 78.1 Å². The quantitative estimate of drug-likeness (QED) is 0.00461. The molecule has 0 aliphatic carbocycles. The summed E-state index contributed by atoms with van der Waals surface area (Å²) in [5.41, 5.74) is 19.4. The molecular weight excluding hydrogens is 1670 g/mol. The first kappa shape index (κ1) is 106. The van der Waals surface area contributed by atoms with Crippen molar-refractivity contribution in [2.24, 2.45) is 0 Å². The van der Waals surface area contributed by atoms with E-state index >= 15 is 0 Å². The van der Waals surface area contributed by atoms with Crippen LogP contribution < -0.4 is 54.8 Å². The van der Waals surface area contributed by atoms with Crippen LogP contribution in [-0.4, -0.2) is 200 Å². The monoisotopic (exact) mass is 1770 g/mol. The summed E-state index contributed by atoms with van der Waals surface area (Å²) in [4.78, 5) is 95.4. The Morgan fingerprint density at radius 1 is 0.536 bits per heavy atom. The molecule has 7 heterocycles. The summed E-state index contributed by atoms with van der Waals surface area (Å²) in [5.74, 6) is 2.58. The molecule has 0 atom stereocenters. The fourth-order valence-corrected chi connectivity index (χ4v) is 10.3. The van der Waals surface area contributed by atoms with Crippen LogP contribution in [0.1, 0.15) is 150 Å². The topological polar surface area (TPSA) is 498 Å². The number of carbonyl (C=O) groups is 7. The summed E-state index contributed by atoms with van der Waals surface area (Å²) in [7, 11) is 0. The number of ether oxygens (including phenoxy) is 9. The molecule has 3 radical (unpaired) electrons. The van der Waals surface area contributed by atoms with E-state index < -0.39 is 50.6 Å². The van der Waals surface area contributed by atoms with E-state index in [4.69, 9.17) is 67.6 Å². The molecule has 658 valence electrons. The zero-order valence-corrected chi connectivity index (χ0v) is 73.1. The van der Waals surface area contributed by atoms with Gasteiger partial charge in [-0.1, -0.05) is 121 Å². The number of hydrogen-bond acceptors (Lipinski definition) is 27. The number of nitrogens with one attached hydrogen (secondary N) is 3. The number of nitrogens with zero attached hydrogens (tertiary/aromatic N) is 9. The number of aromatic nitrogens is 12. The number of carbonyl (C=O) groups excluding carboxylic acids is 5. The van der Waals surface area contributed by atoms with Gasteiger partial charge in [0, 0.05) is 72.7 Å². The summed E-state index contributed by atoms with van der Waals surface area (Å²) in [6, 6.07) is 56.4. The Hall–Kier alpha value is -13.3. The molecule has 13 rings (SSSR count). The van der Waals surface area contributed by atoms with Crippen LogP contribution in [0.25, 0.3) is 22.6 Å². The van der Waals surface area contributed by atoms with Crippen LogP contribution in [-0.2, 0) is 88.5 Å². The fourth-order valence-electron chi connectivity index (χ4n) is 10.3. The third-order valence-electron chi connectivity index (χ3n) is 15.7. The Kier molecular flexibility index (Phi) is 51.0. The Bertz CT molecular complexity index is 5370. The van der Waals surface area contributed by atoms with Crippen LogP contribution in [0.5, 0.6) is 23.5 Å². The number of anilines is 2. The van der Waals surface area contributed by atoms with Gasteiger partial charge in [-0.15, -0.1) is 5.10 Å². The van der Waals surface area contributed by atoms with Gasteiger partial charge in [-0.25, -0.2) is 52.5 Å². The molecule has 1 aliphatic heterocycles. The number of nitrogens with two attached hydrogens (primary N) is 2. The maximum atomic E-state index is 11.7. The summed E-state index contributed by atoms with van der Waals surface area (Å²) >= 11 is -1.44. The Morgan fingerprint density at radius 2 is 0.984 bits per heavy atom. The molecule has 12 aromatic rings. The Labute approximate surface area is 750 Å². The number of carboxylic acids is 2. The van der Waals surface area contributed by atoms with Gasteiger partial charge in [0.05, 0.1) is 125 Å². The first-order chi connectivity index (χ1) is 59.5. The van der Waals surface area contributed by atoms with E-state index in [-0.39, 0.29) is 92.1 Å². The van der Waals surface area contributed by atoms with Crippen molar-refractivity contribution in [1.82, 2.24) is 59.3 Å². The number of aromatic carboxylic acids is 2. The molecule has 1 aliphatic rings. The van der Waals surface area contributed by atoms with Crippen molar-refractivity contribution >= 4 is 81.9 Å². The van der Waals surface area contributed by atoms with Gasteiger partial charge in [0.15, 0.2) is 17.8 Å². The van der Waals surface area contributed by atoms with Gasteiger partial charge in [0.2, 0.25) is 23.5 Å². The van der Waals surface area contributed by atoms with E-state index in [1.165, 1.54) is 47.9 Å². The zero-order valence-electron chi connectivity index (χ0n) is 71.7. The number of hydrogen-bond donors (Lipinski definition) is 8. The molecule has 0 saturated carbocycles. The molecule has 39 heteroatoms. The number of aldehydes is 1. The van der Waals surface area contributed by atoms with Gasteiger partial charge >= 0.3 is 77.2 Å². The number of carboxylic acid groups (broad SMARTS) is 2. The third-order valence-corrected chi connectivity index (χ3v) is 15.7. The Balaban J connectivity index is 0.000000492. The van der Waals surface area contributed by atoms with Gasteiger partial charge in [0.25, 0.3) is 5.56 Å². The molecule has 1 saturated heterocycles. The molecule has 0 spiro atoms. The van der Waals surface area contributed by atoms with Crippen LogP contribution in [0.2, 0.25) is 0 Å². The van der Waals surface area contributed by atoms with Crippen molar-refractivity contribution in [2.75, 3.05) is 77.5 Å². The number of esters is 4. The standard InChI is InChI=1S/C15H18N2O3.C13H12N4O3.C13H14N2O3.C13H16N2O2.C13H14N2O2.C8H10O4.C7H8N2O2.C4H8O.Al.Li.Mn.2O.H/c1-3-19-14-10-13(15(18)20-4-2)16-17(14)11-12-8-6-5-7-9-12;1-2-20-11-6-10(16-17-11)12-14-8-4-3-7(13(18)19)5-9(8)15-12;1-2-18-13(17)11-8-12(16)15(14-11)9-10-6-4-3-5-7-10;2*1-2-17-13-8-12(10-16)14-15(13)9-11-6-4-3-5-7-11;1-3-11-7(9)5-6-8(10)12-4-2;8-5-2-1-4(7(10)11)3-6(5)9;1-2-4-5-3-1;;;;;;/h5-10H,3-4,11H2,1-2H3;3-6H,2H2,1H3,(H,14,15)(H,16,17)(H,18,19);3-8,14H,2,9H2,1H3;3-8,16H,2,9-10H2,1H3;3-8,10H,2,9H2,1H3;3-4H2,1-2H3;1-3H,8-9H2,(H,10,11);1-4H2;;;;;;/q;;;;;;;;;+1;;;;-1. The number of nitrogen functional groups attached to an aromatic ring is 2. The normalized spacial score (nSPS) is 10.3. The van der Waals surface area contributed by atoms with Crippen molar-refractivity contribution < 1.29 is 134 Å². The molecule has 1 fully saturated rings. The molecule has 0 unspecified atom stereocenters. The Morgan fingerprint density at radius 3 is 1.43 bits per heavy atom. The van der Waals surface area contributed by atoms with Crippen molar-refractivity contribution in [3.8, 4) is 46.9 Å². The fraction of sp³-hybridized carbons (Fsp3) is 0.291. The predicted octanol–water partition coefficient (Wildman–Crippen LogP) is 7.88. The van der Waals surface area contributed by atoms with Crippen LogP contribution in [0, 0.1) is 11.8 Å². The number of rotatable bonds is 27. The van der Waals surface area contributed by atoms with E-state index in [0.717, 1.165) is 41.8 Å². The second-order valence-corrected chi connectivity index (χ2v) is 24.9. The molecular formula is C86H101AlLiMnN14O22. The van der Waals surface area contributed by atoms with Gasteiger partial charge in [-0.2, -0.15) is 15.3 Å². The van der Waals surface area contributed by atoms with Crippen LogP contribution in [0.15, 0.2) is 193 Å². The minimum atomic E-state index is -1.44. The predicted molar refractivity (Wildman–Crippen MR) is 454 cm³/mol.